The van der Waals surface area contributed by atoms with Crippen molar-refractivity contribution in [3.63, 3.8) is 0 Å². The van der Waals surface area contributed by atoms with Gasteiger partial charge in [-0.05, 0) is 87.1 Å². The molecule has 55 heavy (non-hydrogen) atoms. The lowest BCUT2D eigenvalue weighted by Gasteiger charge is -2.26. The van der Waals surface area contributed by atoms with Gasteiger partial charge in [0.05, 0.1) is 5.69 Å². The van der Waals surface area contributed by atoms with E-state index in [0.29, 0.717) is 0 Å². The van der Waals surface area contributed by atoms with E-state index in [4.69, 9.17) is 8.83 Å². The van der Waals surface area contributed by atoms with E-state index in [-0.39, 0.29) is 0 Å². The summed E-state index contributed by atoms with van der Waals surface area (Å²) < 4.78 is 13.3. The van der Waals surface area contributed by atoms with E-state index >= 15 is 0 Å². The van der Waals surface area contributed by atoms with Crippen LogP contribution in [0.3, 0.4) is 0 Å². The van der Waals surface area contributed by atoms with Crippen molar-refractivity contribution in [1.82, 2.24) is 0 Å². The van der Waals surface area contributed by atoms with Gasteiger partial charge in [0.15, 0.2) is 5.58 Å². The van der Waals surface area contributed by atoms with Crippen LogP contribution in [-0.2, 0) is 0 Å². The van der Waals surface area contributed by atoms with Crippen LogP contribution < -0.4 is 4.90 Å². The first-order valence-corrected chi connectivity index (χ1v) is 18.7. The zero-order valence-electron chi connectivity index (χ0n) is 29.8. The number of benzene rings is 9. The Labute approximate surface area is 317 Å². The van der Waals surface area contributed by atoms with Crippen LogP contribution in [0.15, 0.2) is 209 Å². The second-order valence-electron chi connectivity index (χ2n) is 14.1. The van der Waals surface area contributed by atoms with Crippen LogP contribution in [0.1, 0.15) is 0 Å². The maximum atomic E-state index is 6.97. The molecule has 3 heteroatoms. The average Bonchev–Trinajstić information content (AvgIpc) is 3.83. The van der Waals surface area contributed by atoms with E-state index in [1.807, 2.05) is 18.2 Å². The largest absolute Gasteiger partial charge is 0.456 e. The number of nitrogens with zero attached hydrogens (tertiary/aromatic N) is 1. The standard InChI is InChI=1S/C52H33NO2/c1-2-12-35(13-3-1)43-21-10-22-46-47-23-11-24-48(52(47)55-51(43)46)53(39-29-26-36(27-30-39)42-20-9-15-34-14-4-5-18-41(34)42)40-17-8-16-37(32-40)38-28-31-45-44-19-6-7-25-49(44)54-50(45)33-38/h1-33H. The molecule has 0 bridgehead atoms. The van der Waals surface area contributed by atoms with E-state index in [2.05, 4.69) is 187 Å². The van der Waals surface area contributed by atoms with Gasteiger partial charge in [0.25, 0.3) is 0 Å². The highest BCUT2D eigenvalue weighted by Crippen LogP contribution is 2.45. The lowest BCUT2D eigenvalue weighted by Crippen LogP contribution is -2.10. The zero-order valence-corrected chi connectivity index (χ0v) is 29.8. The summed E-state index contributed by atoms with van der Waals surface area (Å²) in [5.41, 5.74) is 13.3. The quantitative estimate of drug-likeness (QED) is 0.173. The molecule has 0 N–H and O–H groups in total. The summed E-state index contributed by atoms with van der Waals surface area (Å²) in [6, 6.07) is 70.9. The Morgan fingerprint density at radius 2 is 0.909 bits per heavy atom. The van der Waals surface area contributed by atoms with Crippen LogP contribution >= 0.6 is 0 Å². The lowest BCUT2D eigenvalue weighted by atomic mass is 9.98. The number of hydrogen-bond donors (Lipinski definition) is 0. The molecule has 0 aliphatic heterocycles. The van der Waals surface area contributed by atoms with Gasteiger partial charge in [0, 0.05) is 38.5 Å². The highest BCUT2D eigenvalue weighted by Gasteiger charge is 2.21. The molecule has 0 saturated heterocycles. The average molecular weight is 704 g/mol. The van der Waals surface area contributed by atoms with E-state index in [1.165, 1.54) is 21.9 Å². The molecule has 0 aliphatic rings. The Bertz CT molecular complexity index is 3200. The predicted octanol–water partition coefficient (Wildman–Crippen LogP) is 15.1. The molecule has 11 aromatic rings. The summed E-state index contributed by atoms with van der Waals surface area (Å²) >= 11 is 0. The van der Waals surface area contributed by atoms with Crippen LogP contribution in [0, 0.1) is 0 Å². The molecule has 11 rings (SSSR count). The Morgan fingerprint density at radius 3 is 1.80 bits per heavy atom. The smallest absolute Gasteiger partial charge is 0.159 e. The molecular formula is C52H33NO2. The number of rotatable bonds is 6. The maximum absolute atomic E-state index is 6.97. The number of furan rings is 2. The SMILES string of the molecule is c1ccc(-c2cccc3c2oc2c(N(c4ccc(-c5cccc6ccccc56)cc4)c4cccc(-c5ccc6c(c5)oc5ccccc56)c4)cccc23)cc1. The first kappa shape index (κ1) is 31.2. The van der Waals surface area contributed by atoms with Gasteiger partial charge >= 0.3 is 0 Å². The normalized spacial score (nSPS) is 11.6. The summed E-state index contributed by atoms with van der Waals surface area (Å²) in [4.78, 5) is 2.32. The summed E-state index contributed by atoms with van der Waals surface area (Å²) in [7, 11) is 0. The van der Waals surface area contributed by atoms with E-state index in [0.717, 1.165) is 83.2 Å². The molecule has 0 fully saturated rings. The molecule has 9 aromatic carbocycles. The molecule has 2 aromatic heterocycles. The van der Waals surface area contributed by atoms with Crippen molar-refractivity contribution in [3.8, 4) is 33.4 Å². The zero-order chi connectivity index (χ0) is 36.3. The maximum Gasteiger partial charge on any atom is 0.159 e. The third-order valence-electron chi connectivity index (χ3n) is 10.9. The van der Waals surface area contributed by atoms with Crippen molar-refractivity contribution >= 4 is 71.7 Å². The molecule has 2 heterocycles. The van der Waals surface area contributed by atoms with Crippen molar-refractivity contribution in [1.29, 1.82) is 0 Å². The highest BCUT2D eigenvalue weighted by molar-refractivity contribution is 6.14. The fourth-order valence-corrected chi connectivity index (χ4v) is 8.25. The summed E-state index contributed by atoms with van der Waals surface area (Å²) in [5.74, 6) is 0. The molecule has 0 spiro atoms. The number of anilines is 3. The van der Waals surface area contributed by atoms with Crippen LogP contribution in [0.5, 0.6) is 0 Å². The molecule has 0 saturated carbocycles. The van der Waals surface area contributed by atoms with Crippen LogP contribution in [0.4, 0.5) is 17.1 Å². The molecular weight excluding hydrogens is 671 g/mol. The van der Waals surface area contributed by atoms with Crippen molar-refractivity contribution in [2.75, 3.05) is 4.90 Å². The van der Waals surface area contributed by atoms with E-state index < -0.39 is 0 Å². The molecule has 258 valence electrons. The fourth-order valence-electron chi connectivity index (χ4n) is 8.25. The molecule has 0 amide bonds. The predicted molar refractivity (Wildman–Crippen MR) is 229 cm³/mol. The highest BCUT2D eigenvalue weighted by atomic mass is 16.3. The summed E-state index contributed by atoms with van der Waals surface area (Å²) in [6.07, 6.45) is 0. The summed E-state index contributed by atoms with van der Waals surface area (Å²) in [5, 5.41) is 6.89. The molecule has 0 atom stereocenters. The lowest BCUT2D eigenvalue weighted by molar-refractivity contribution is 0.669. The first-order valence-electron chi connectivity index (χ1n) is 18.7. The van der Waals surface area contributed by atoms with Crippen LogP contribution in [0.2, 0.25) is 0 Å². The third kappa shape index (κ3) is 5.20. The topological polar surface area (TPSA) is 29.5 Å². The molecule has 0 aliphatic carbocycles. The Morgan fingerprint density at radius 1 is 0.309 bits per heavy atom. The van der Waals surface area contributed by atoms with Crippen LogP contribution in [-0.4, -0.2) is 0 Å². The minimum atomic E-state index is 0.841. The molecule has 3 nitrogen and oxygen atoms in total. The van der Waals surface area contributed by atoms with Gasteiger partial charge in [-0.25, -0.2) is 0 Å². The minimum absolute atomic E-state index is 0.841. The molecule has 0 radical (unpaired) electrons. The van der Waals surface area contributed by atoms with Crippen molar-refractivity contribution in [2.24, 2.45) is 0 Å². The van der Waals surface area contributed by atoms with Gasteiger partial charge in [-0.2, -0.15) is 0 Å². The molecule has 0 unspecified atom stereocenters. The van der Waals surface area contributed by atoms with Gasteiger partial charge in [-0.15, -0.1) is 0 Å². The van der Waals surface area contributed by atoms with E-state index in [9.17, 15) is 0 Å². The monoisotopic (exact) mass is 703 g/mol. The Hall–Kier alpha value is -7.36. The second kappa shape index (κ2) is 12.6. The van der Waals surface area contributed by atoms with Gasteiger partial charge in [-0.3, -0.25) is 0 Å². The Kier molecular flexibility index (Phi) is 7.17. The van der Waals surface area contributed by atoms with Gasteiger partial charge < -0.3 is 13.7 Å². The van der Waals surface area contributed by atoms with Gasteiger partial charge in [0.2, 0.25) is 0 Å². The Balaban J connectivity index is 1.09. The first-order chi connectivity index (χ1) is 27.3. The minimum Gasteiger partial charge on any atom is -0.456 e. The van der Waals surface area contributed by atoms with Crippen molar-refractivity contribution < 1.29 is 8.83 Å². The van der Waals surface area contributed by atoms with Gasteiger partial charge in [-0.1, -0.05) is 152 Å². The number of fused-ring (bicyclic) bond motifs is 7. The van der Waals surface area contributed by atoms with Crippen molar-refractivity contribution in [2.45, 2.75) is 0 Å². The number of hydrogen-bond acceptors (Lipinski definition) is 3. The van der Waals surface area contributed by atoms with Crippen LogP contribution in [0.25, 0.3) is 88.0 Å². The third-order valence-corrected chi connectivity index (χ3v) is 10.9. The fraction of sp³-hybridized carbons (Fsp3) is 0. The van der Waals surface area contributed by atoms with Gasteiger partial charge in [0.1, 0.15) is 16.7 Å². The number of para-hydroxylation sites is 3. The summed E-state index contributed by atoms with van der Waals surface area (Å²) in [6.45, 7) is 0. The second-order valence-corrected chi connectivity index (χ2v) is 14.1. The van der Waals surface area contributed by atoms with E-state index in [1.54, 1.807) is 0 Å². The van der Waals surface area contributed by atoms with Crippen molar-refractivity contribution in [3.05, 3.63) is 200 Å².